The summed E-state index contributed by atoms with van der Waals surface area (Å²) in [4.78, 5) is 12.4. The summed E-state index contributed by atoms with van der Waals surface area (Å²) in [5, 5.41) is 2.96. The highest BCUT2D eigenvalue weighted by Gasteiger charge is 2.13. The van der Waals surface area contributed by atoms with E-state index in [4.69, 9.17) is 5.73 Å². The zero-order valence-electron chi connectivity index (χ0n) is 11.8. The Balaban J connectivity index is 2.33. The zero-order chi connectivity index (χ0) is 14.9. The minimum atomic E-state index is -0.132. The summed E-state index contributed by atoms with van der Waals surface area (Å²) < 4.78 is 0.792. The maximum atomic E-state index is 12.4. The summed E-state index contributed by atoms with van der Waals surface area (Å²) in [6.07, 6.45) is 0. The van der Waals surface area contributed by atoms with Crippen molar-refractivity contribution < 1.29 is 4.79 Å². The lowest BCUT2D eigenvalue weighted by Gasteiger charge is -2.13. The molecule has 0 unspecified atom stereocenters. The quantitative estimate of drug-likeness (QED) is 0.809. The van der Waals surface area contributed by atoms with Crippen LogP contribution in [0.25, 0.3) is 0 Å². The van der Waals surface area contributed by atoms with Crippen molar-refractivity contribution in [3.8, 4) is 0 Å². The molecular formula is C16H17BrN2O. The first kappa shape index (κ1) is 14.6. The van der Waals surface area contributed by atoms with Crippen molar-refractivity contribution in [1.29, 1.82) is 0 Å². The van der Waals surface area contributed by atoms with Gasteiger partial charge in [0.25, 0.3) is 5.91 Å². The van der Waals surface area contributed by atoms with E-state index >= 15 is 0 Å². The largest absolute Gasteiger partial charge is 0.399 e. The van der Waals surface area contributed by atoms with E-state index in [0.29, 0.717) is 11.3 Å². The first-order valence-corrected chi connectivity index (χ1v) is 7.12. The number of carbonyl (C=O) groups is 1. The van der Waals surface area contributed by atoms with Crippen molar-refractivity contribution in [2.45, 2.75) is 20.8 Å². The Morgan fingerprint density at radius 1 is 1.10 bits per heavy atom. The lowest BCUT2D eigenvalue weighted by Crippen LogP contribution is -2.14. The van der Waals surface area contributed by atoms with E-state index in [-0.39, 0.29) is 5.91 Å². The van der Waals surface area contributed by atoms with Crippen LogP contribution in [0.15, 0.2) is 34.8 Å². The van der Waals surface area contributed by atoms with Crippen LogP contribution in [-0.2, 0) is 0 Å². The standard InChI is InChI=1S/C16H17BrN2O/c1-9-4-5-13(14(17)6-9)16(20)19-15-10(2)7-12(18)8-11(15)3/h4-8H,18H2,1-3H3,(H,19,20). The van der Waals surface area contributed by atoms with Gasteiger partial charge in [-0.1, -0.05) is 6.07 Å². The molecular weight excluding hydrogens is 316 g/mol. The van der Waals surface area contributed by atoms with Crippen LogP contribution >= 0.6 is 15.9 Å². The molecule has 20 heavy (non-hydrogen) atoms. The maximum absolute atomic E-state index is 12.4. The highest BCUT2D eigenvalue weighted by atomic mass is 79.9. The minimum Gasteiger partial charge on any atom is -0.399 e. The topological polar surface area (TPSA) is 55.1 Å². The van der Waals surface area contributed by atoms with Gasteiger partial charge >= 0.3 is 0 Å². The van der Waals surface area contributed by atoms with Gasteiger partial charge in [-0.2, -0.15) is 0 Å². The fourth-order valence-corrected chi connectivity index (χ4v) is 2.85. The molecule has 0 bridgehead atoms. The van der Waals surface area contributed by atoms with Crippen LogP contribution in [-0.4, -0.2) is 5.91 Å². The summed E-state index contributed by atoms with van der Waals surface area (Å²) in [6, 6.07) is 9.37. The number of nitrogen functional groups attached to an aromatic ring is 1. The second-order valence-corrected chi connectivity index (χ2v) is 5.82. The van der Waals surface area contributed by atoms with Crippen LogP contribution in [0.4, 0.5) is 11.4 Å². The van der Waals surface area contributed by atoms with Crippen molar-refractivity contribution >= 4 is 33.2 Å². The number of anilines is 2. The van der Waals surface area contributed by atoms with E-state index in [1.807, 2.05) is 51.1 Å². The first-order valence-electron chi connectivity index (χ1n) is 6.32. The summed E-state index contributed by atoms with van der Waals surface area (Å²) in [5.41, 5.74) is 10.9. The van der Waals surface area contributed by atoms with Crippen LogP contribution < -0.4 is 11.1 Å². The Labute approximate surface area is 127 Å². The Bertz CT molecular complexity index is 657. The maximum Gasteiger partial charge on any atom is 0.256 e. The Morgan fingerprint density at radius 3 is 2.25 bits per heavy atom. The van der Waals surface area contributed by atoms with Gasteiger partial charge in [-0.15, -0.1) is 0 Å². The number of nitrogens with two attached hydrogens (primary N) is 1. The van der Waals surface area contributed by atoms with Gasteiger partial charge in [-0.05, 0) is 77.7 Å². The van der Waals surface area contributed by atoms with Crippen molar-refractivity contribution in [1.82, 2.24) is 0 Å². The number of aryl methyl sites for hydroxylation is 3. The molecule has 0 aliphatic carbocycles. The minimum absolute atomic E-state index is 0.132. The lowest BCUT2D eigenvalue weighted by molar-refractivity contribution is 0.102. The average Bonchev–Trinajstić information content (AvgIpc) is 2.33. The van der Waals surface area contributed by atoms with E-state index in [2.05, 4.69) is 21.2 Å². The second kappa shape index (κ2) is 5.67. The third-order valence-corrected chi connectivity index (χ3v) is 3.82. The Kier molecular flexibility index (Phi) is 4.14. The van der Waals surface area contributed by atoms with E-state index in [1.54, 1.807) is 0 Å². The smallest absolute Gasteiger partial charge is 0.256 e. The molecule has 0 saturated carbocycles. The normalized spacial score (nSPS) is 10.4. The van der Waals surface area contributed by atoms with Crippen molar-refractivity contribution in [2.24, 2.45) is 0 Å². The zero-order valence-corrected chi connectivity index (χ0v) is 13.3. The number of hydrogen-bond donors (Lipinski definition) is 2. The van der Waals surface area contributed by atoms with Gasteiger partial charge in [-0.25, -0.2) is 0 Å². The number of rotatable bonds is 2. The van der Waals surface area contributed by atoms with Gasteiger partial charge in [0, 0.05) is 15.8 Å². The molecule has 0 aliphatic heterocycles. The second-order valence-electron chi connectivity index (χ2n) is 4.97. The molecule has 0 heterocycles. The molecule has 104 valence electrons. The number of hydrogen-bond acceptors (Lipinski definition) is 2. The van der Waals surface area contributed by atoms with Gasteiger partial charge < -0.3 is 11.1 Å². The number of nitrogens with one attached hydrogen (secondary N) is 1. The van der Waals surface area contributed by atoms with E-state index in [9.17, 15) is 4.79 Å². The van der Waals surface area contributed by atoms with Crippen molar-refractivity contribution in [3.63, 3.8) is 0 Å². The van der Waals surface area contributed by atoms with Crippen LogP contribution in [0.2, 0.25) is 0 Å². The molecule has 0 aromatic heterocycles. The molecule has 0 saturated heterocycles. The predicted octanol–water partition coefficient (Wildman–Crippen LogP) is 4.21. The molecule has 3 N–H and O–H groups in total. The van der Waals surface area contributed by atoms with Gasteiger partial charge in [-0.3, -0.25) is 4.79 Å². The van der Waals surface area contributed by atoms with Gasteiger partial charge in [0.1, 0.15) is 0 Å². The molecule has 2 aromatic rings. The highest BCUT2D eigenvalue weighted by molar-refractivity contribution is 9.10. The number of benzene rings is 2. The fraction of sp³-hybridized carbons (Fsp3) is 0.188. The molecule has 0 radical (unpaired) electrons. The summed E-state index contributed by atoms with van der Waals surface area (Å²) in [6.45, 7) is 5.85. The fourth-order valence-electron chi connectivity index (χ4n) is 2.18. The average molecular weight is 333 g/mol. The molecule has 4 heteroatoms. The van der Waals surface area contributed by atoms with Crippen molar-refractivity contribution in [3.05, 3.63) is 57.1 Å². The van der Waals surface area contributed by atoms with Crippen LogP contribution in [0.5, 0.6) is 0 Å². The molecule has 0 fully saturated rings. The van der Waals surface area contributed by atoms with E-state index in [0.717, 1.165) is 26.9 Å². The molecule has 0 spiro atoms. The molecule has 0 aliphatic rings. The van der Waals surface area contributed by atoms with Crippen LogP contribution in [0.1, 0.15) is 27.0 Å². The Hall–Kier alpha value is -1.81. The van der Waals surface area contributed by atoms with Crippen LogP contribution in [0.3, 0.4) is 0 Å². The summed E-state index contributed by atoms with van der Waals surface area (Å²) in [5.74, 6) is -0.132. The first-order chi connectivity index (χ1) is 9.38. The molecule has 3 nitrogen and oxygen atoms in total. The highest BCUT2D eigenvalue weighted by Crippen LogP contribution is 2.25. The number of halogens is 1. The van der Waals surface area contributed by atoms with Crippen molar-refractivity contribution in [2.75, 3.05) is 11.1 Å². The SMILES string of the molecule is Cc1ccc(C(=O)Nc2c(C)cc(N)cc2C)c(Br)c1. The monoisotopic (exact) mass is 332 g/mol. The lowest BCUT2D eigenvalue weighted by atomic mass is 10.1. The summed E-state index contributed by atoms with van der Waals surface area (Å²) in [7, 11) is 0. The van der Waals surface area contributed by atoms with Gasteiger partial charge in [0.15, 0.2) is 0 Å². The van der Waals surface area contributed by atoms with Crippen LogP contribution in [0, 0.1) is 20.8 Å². The van der Waals surface area contributed by atoms with Gasteiger partial charge in [0.2, 0.25) is 0 Å². The summed E-state index contributed by atoms with van der Waals surface area (Å²) >= 11 is 3.43. The number of amides is 1. The molecule has 2 rings (SSSR count). The molecule has 0 atom stereocenters. The van der Waals surface area contributed by atoms with E-state index < -0.39 is 0 Å². The number of carbonyl (C=O) groups excluding carboxylic acids is 1. The third-order valence-electron chi connectivity index (χ3n) is 3.16. The predicted molar refractivity (Wildman–Crippen MR) is 87.2 cm³/mol. The molecule has 1 amide bonds. The Morgan fingerprint density at radius 2 is 1.70 bits per heavy atom. The van der Waals surface area contributed by atoms with E-state index in [1.165, 1.54) is 0 Å². The van der Waals surface area contributed by atoms with Gasteiger partial charge in [0.05, 0.1) is 5.56 Å². The molecule has 2 aromatic carbocycles. The third kappa shape index (κ3) is 3.02.